The minimum atomic E-state index is -1.11. The summed E-state index contributed by atoms with van der Waals surface area (Å²) in [6.07, 6.45) is 1.45. The minimum Gasteiger partial charge on any atom is -0.488 e. The second kappa shape index (κ2) is 10.8. The van der Waals surface area contributed by atoms with E-state index < -0.39 is 11.9 Å². The molecule has 2 N–H and O–H groups in total. The molecule has 0 aliphatic carbocycles. The van der Waals surface area contributed by atoms with Crippen molar-refractivity contribution in [3.05, 3.63) is 97.6 Å². The van der Waals surface area contributed by atoms with Crippen LogP contribution in [0.5, 0.6) is 5.75 Å². The van der Waals surface area contributed by atoms with Gasteiger partial charge >= 0.3 is 5.97 Å². The van der Waals surface area contributed by atoms with Gasteiger partial charge in [0.1, 0.15) is 24.0 Å². The number of anilines is 1. The number of nitrogens with zero attached hydrogens (tertiary/aromatic N) is 1. The molecule has 0 aliphatic heterocycles. The average molecular weight is 559 g/mol. The monoisotopic (exact) mass is 558 g/mol. The number of carbonyl (C=O) groups excluding carboxylic acids is 1. The van der Waals surface area contributed by atoms with E-state index in [-0.39, 0.29) is 16.8 Å². The number of hydrogen-bond acceptors (Lipinski definition) is 4. The van der Waals surface area contributed by atoms with Crippen LogP contribution < -0.4 is 10.1 Å². The van der Waals surface area contributed by atoms with E-state index in [2.05, 4.69) is 27.9 Å². The van der Waals surface area contributed by atoms with E-state index in [4.69, 9.17) is 21.4 Å². The maximum Gasteiger partial charge on any atom is 0.335 e. The molecule has 0 aromatic heterocycles. The van der Waals surface area contributed by atoms with Crippen molar-refractivity contribution in [3.63, 3.8) is 0 Å². The van der Waals surface area contributed by atoms with Crippen LogP contribution in [0.3, 0.4) is 0 Å². The van der Waals surface area contributed by atoms with Crippen LogP contribution in [0.15, 0.2) is 72.3 Å². The van der Waals surface area contributed by atoms with Gasteiger partial charge in [-0.2, -0.15) is 5.26 Å². The third kappa shape index (κ3) is 6.09. The molecule has 0 bridgehead atoms. The van der Waals surface area contributed by atoms with E-state index in [1.807, 2.05) is 24.3 Å². The van der Waals surface area contributed by atoms with Gasteiger partial charge in [-0.25, -0.2) is 4.79 Å². The van der Waals surface area contributed by atoms with Crippen LogP contribution >= 0.6 is 34.2 Å². The largest absolute Gasteiger partial charge is 0.488 e. The quantitative estimate of drug-likeness (QED) is 0.218. The molecular weight excluding hydrogens is 543 g/mol. The van der Waals surface area contributed by atoms with Crippen molar-refractivity contribution in [2.45, 2.75) is 6.61 Å². The maximum atomic E-state index is 12.5. The van der Waals surface area contributed by atoms with E-state index in [9.17, 15) is 14.9 Å². The predicted octanol–water partition coefficient (Wildman–Crippen LogP) is 5.77. The van der Waals surface area contributed by atoms with Crippen LogP contribution in [-0.2, 0) is 11.4 Å². The van der Waals surface area contributed by atoms with Crippen LogP contribution in [0.2, 0.25) is 5.02 Å². The van der Waals surface area contributed by atoms with Crippen LogP contribution in [-0.4, -0.2) is 17.0 Å². The molecule has 0 atom stereocenters. The standard InChI is InChI=1S/C24H16ClIN2O4/c25-20-7-2-1-4-17(20)14-32-22-9-8-15(11-21(22)26)10-18(13-27)23(29)28-19-6-3-5-16(12-19)24(30)31/h1-12H,14H2,(H,28,29)(H,30,31)/b18-10-. The first-order valence-corrected chi connectivity index (χ1v) is 10.8. The Morgan fingerprint density at radius 3 is 2.59 bits per heavy atom. The normalized spacial score (nSPS) is 10.8. The number of carbonyl (C=O) groups is 2. The molecule has 0 saturated heterocycles. The lowest BCUT2D eigenvalue weighted by atomic mass is 10.1. The molecule has 3 aromatic carbocycles. The highest BCUT2D eigenvalue weighted by Crippen LogP contribution is 2.25. The molecule has 0 heterocycles. The zero-order chi connectivity index (χ0) is 23.1. The number of carboxylic acid groups (broad SMARTS) is 1. The molecule has 160 valence electrons. The van der Waals surface area contributed by atoms with Crippen LogP contribution in [0.4, 0.5) is 5.69 Å². The second-order valence-corrected chi connectivity index (χ2v) is 8.15. The molecule has 3 rings (SSSR count). The number of nitrogens with one attached hydrogen (secondary N) is 1. The number of amides is 1. The number of hydrogen-bond donors (Lipinski definition) is 2. The number of carboxylic acids is 1. The molecule has 0 fully saturated rings. The summed E-state index contributed by atoms with van der Waals surface area (Å²) in [6, 6.07) is 20.4. The van der Waals surface area contributed by atoms with Crippen molar-refractivity contribution in [1.29, 1.82) is 5.26 Å². The van der Waals surface area contributed by atoms with E-state index in [1.165, 1.54) is 24.3 Å². The smallest absolute Gasteiger partial charge is 0.335 e. The molecule has 3 aromatic rings. The van der Waals surface area contributed by atoms with Crippen molar-refractivity contribution in [2.75, 3.05) is 5.32 Å². The van der Waals surface area contributed by atoms with Gasteiger partial charge in [-0.3, -0.25) is 4.79 Å². The lowest BCUT2D eigenvalue weighted by Gasteiger charge is -2.10. The zero-order valence-corrected chi connectivity index (χ0v) is 19.4. The number of nitriles is 1. The molecule has 6 nitrogen and oxygen atoms in total. The van der Waals surface area contributed by atoms with Gasteiger partial charge in [-0.05, 0) is 70.6 Å². The maximum absolute atomic E-state index is 12.5. The number of halogens is 2. The van der Waals surface area contributed by atoms with Crippen molar-refractivity contribution in [3.8, 4) is 11.8 Å². The highest BCUT2D eigenvalue weighted by atomic mass is 127. The van der Waals surface area contributed by atoms with E-state index >= 15 is 0 Å². The van der Waals surface area contributed by atoms with Gasteiger partial charge in [0.05, 0.1) is 9.13 Å². The number of rotatable bonds is 7. The summed E-state index contributed by atoms with van der Waals surface area (Å²) in [5.74, 6) is -1.09. The van der Waals surface area contributed by atoms with Gasteiger partial charge in [0, 0.05) is 16.3 Å². The number of aromatic carboxylic acids is 1. The fourth-order valence-corrected chi connectivity index (χ4v) is 3.62. The summed E-state index contributed by atoms with van der Waals surface area (Å²) in [4.78, 5) is 23.6. The Hall–Kier alpha value is -3.35. The molecule has 0 saturated carbocycles. The Balaban J connectivity index is 1.73. The summed E-state index contributed by atoms with van der Waals surface area (Å²) < 4.78 is 6.64. The first kappa shape index (κ1) is 23.3. The first-order valence-electron chi connectivity index (χ1n) is 9.29. The first-order chi connectivity index (χ1) is 15.4. The Morgan fingerprint density at radius 1 is 1.12 bits per heavy atom. The minimum absolute atomic E-state index is 0.0345. The Labute approximate surface area is 203 Å². The summed E-state index contributed by atoms with van der Waals surface area (Å²) in [5, 5.41) is 21.7. The molecular formula is C24H16ClIN2O4. The van der Waals surface area contributed by atoms with E-state index in [0.717, 1.165) is 9.13 Å². The highest BCUT2D eigenvalue weighted by Gasteiger charge is 2.12. The molecule has 1 amide bonds. The fraction of sp³-hybridized carbons (Fsp3) is 0.0417. The summed E-state index contributed by atoms with van der Waals surface area (Å²) in [5.41, 5.74) is 1.71. The Bertz CT molecular complexity index is 1250. The van der Waals surface area contributed by atoms with Crippen molar-refractivity contribution in [2.24, 2.45) is 0 Å². The summed E-state index contributed by atoms with van der Waals surface area (Å²) in [6.45, 7) is 0.312. The molecule has 0 unspecified atom stereocenters. The SMILES string of the molecule is N#C/C(=C/c1ccc(OCc2ccccc2Cl)c(I)c1)C(=O)Nc1cccc(C(=O)O)c1. The lowest BCUT2D eigenvalue weighted by Crippen LogP contribution is -2.14. The van der Waals surface area contributed by atoms with Crippen LogP contribution in [0.25, 0.3) is 6.08 Å². The third-order valence-electron chi connectivity index (χ3n) is 4.34. The molecule has 8 heteroatoms. The van der Waals surface area contributed by atoms with Crippen molar-refractivity contribution >= 4 is 57.8 Å². The van der Waals surface area contributed by atoms with Crippen molar-refractivity contribution in [1.82, 2.24) is 0 Å². The van der Waals surface area contributed by atoms with E-state index in [0.29, 0.717) is 22.9 Å². The van der Waals surface area contributed by atoms with Crippen LogP contribution in [0, 0.1) is 14.9 Å². The molecule has 0 spiro atoms. The topological polar surface area (TPSA) is 99.4 Å². The highest BCUT2D eigenvalue weighted by molar-refractivity contribution is 14.1. The van der Waals surface area contributed by atoms with Crippen LogP contribution in [0.1, 0.15) is 21.5 Å². The van der Waals surface area contributed by atoms with Gasteiger partial charge in [0.2, 0.25) is 0 Å². The van der Waals surface area contributed by atoms with Gasteiger partial charge in [0.25, 0.3) is 5.91 Å². The molecule has 32 heavy (non-hydrogen) atoms. The predicted molar refractivity (Wildman–Crippen MR) is 131 cm³/mol. The van der Waals surface area contributed by atoms with Gasteiger partial charge < -0.3 is 15.2 Å². The Morgan fingerprint density at radius 2 is 1.91 bits per heavy atom. The zero-order valence-electron chi connectivity index (χ0n) is 16.5. The summed E-state index contributed by atoms with van der Waals surface area (Å²) in [7, 11) is 0. The molecule has 0 aliphatic rings. The number of ether oxygens (including phenoxy) is 1. The number of benzene rings is 3. The van der Waals surface area contributed by atoms with E-state index in [1.54, 1.807) is 30.3 Å². The lowest BCUT2D eigenvalue weighted by molar-refractivity contribution is -0.112. The van der Waals surface area contributed by atoms with Crippen molar-refractivity contribution < 1.29 is 19.4 Å². The third-order valence-corrected chi connectivity index (χ3v) is 5.55. The van der Waals surface area contributed by atoms with Gasteiger partial charge in [-0.15, -0.1) is 0 Å². The van der Waals surface area contributed by atoms with Gasteiger partial charge in [0.15, 0.2) is 0 Å². The second-order valence-electron chi connectivity index (χ2n) is 6.58. The Kier molecular flexibility index (Phi) is 7.87. The van der Waals surface area contributed by atoms with Gasteiger partial charge in [-0.1, -0.05) is 41.9 Å². The fourth-order valence-electron chi connectivity index (χ4n) is 2.74. The molecule has 0 radical (unpaired) electrons. The summed E-state index contributed by atoms with van der Waals surface area (Å²) >= 11 is 8.27. The average Bonchev–Trinajstić information content (AvgIpc) is 2.78.